The monoisotopic (exact) mass is 246 g/mol. The van der Waals surface area contributed by atoms with Gasteiger partial charge in [-0.2, -0.15) is 11.8 Å². The summed E-state index contributed by atoms with van der Waals surface area (Å²) in [5.41, 5.74) is 0. The highest BCUT2D eigenvalue weighted by Gasteiger charge is 2.26. The molecule has 0 unspecified atom stereocenters. The van der Waals surface area contributed by atoms with E-state index in [0.29, 0.717) is 13.1 Å². The summed E-state index contributed by atoms with van der Waals surface area (Å²) in [5, 5.41) is 11.5. The first-order valence-corrected chi connectivity index (χ1v) is 6.54. The van der Waals surface area contributed by atoms with Gasteiger partial charge in [0.1, 0.15) is 6.04 Å². The largest absolute Gasteiger partial charge is 0.480 e. The van der Waals surface area contributed by atoms with Crippen molar-refractivity contribution in [1.82, 2.24) is 10.2 Å². The van der Waals surface area contributed by atoms with Gasteiger partial charge in [-0.05, 0) is 5.92 Å². The van der Waals surface area contributed by atoms with Crippen molar-refractivity contribution in [3.05, 3.63) is 0 Å². The Morgan fingerprint density at radius 2 is 1.88 bits per heavy atom. The van der Waals surface area contributed by atoms with Gasteiger partial charge < -0.3 is 15.3 Å². The predicted octanol–water partition coefficient (Wildman–Crippen LogP) is 0.854. The second-order valence-corrected chi connectivity index (χ2v) is 5.33. The number of nitrogens with zero attached hydrogens (tertiary/aromatic N) is 1. The average molecular weight is 246 g/mol. The molecule has 0 aromatic rings. The highest BCUT2D eigenvalue weighted by atomic mass is 32.2. The minimum Gasteiger partial charge on any atom is -0.480 e. The zero-order chi connectivity index (χ0) is 12.1. The molecular formula is C10H18N2O3S. The number of carboxylic acid groups (broad SMARTS) is 1. The molecule has 1 fully saturated rings. The summed E-state index contributed by atoms with van der Waals surface area (Å²) in [6.45, 7) is 4.96. The lowest BCUT2D eigenvalue weighted by Gasteiger charge is -2.28. The molecule has 0 spiro atoms. The van der Waals surface area contributed by atoms with Crippen LogP contribution in [0.4, 0.5) is 4.79 Å². The molecule has 6 heteroatoms. The van der Waals surface area contributed by atoms with E-state index in [1.54, 1.807) is 18.7 Å². The standard InChI is InChI=1S/C10H18N2O3S/c1-7(2)8(9(13)14)11-10(15)12-3-5-16-6-4-12/h7-8H,3-6H2,1-2H3,(H,11,15)(H,13,14)/t8-/m0/s1. The highest BCUT2D eigenvalue weighted by Crippen LogP contribution is 2.10. The third kappa shape index (κ3) is 3.59. The van der Waals surface area contributed by atoms with Crippen molar-refractivity contribution >= 4 is 23.8 Å². The van der Waals surface area contributed by atoms with Crippen molar-refractivity contribution in [2.45, 2.75) is 19.9 Å². The number of carbonyl (C=O) groups excluding carboxylic acids is 1. The molecule has 92 valence electrons. The van der Waals surface area contributed by atoms with E-state index in [9.17, 15) is 9.59 Å². The number of thioether (sulfide) groups is 1. The first-order chi connectivity index (χ1) is 7.52. The van der Waals surface area contributed by atoms with Crippen LogP contribution in [0.3, 0.4) is 0 Å². The molecule has 2 N–H and O–H groups in total. The SMILES string of the molecule is CC(C)[C@H](NC(=O)N1CCSCC1)C(=O)O. The van der Waals surface area contributed by atoms with Crippen LogP contribution in [-0.2, 0) is 4.79 Å². The maximum atomic E-state index is 11.8. The molecule has 0 bridgehead atoms. The number of aliphatic carboxylic acids is 1. The van der Waals surface area contributed by atoms with Gasteiger partial charge in [0, 0.05) is 24.6 Å². The number of carboxylic acids is 1. The normalized spacial score (nSPS) is 18.3. The molecule has 0 aromatic heterocycles. The van der Waals surface area contributed by atoms with Crippen LogP contribution < -0.4 is 5.32 Å². The molecular weight excluding hydrogens is 228 g/mol. The quantitative estimate of drug-likeness (QED) is 0.774. The van der Waals surface area contributed by atoms with E-state index >= 15 is 0 Å². The number of carbonyl (C=O) groups is 2. The molecule has 1 aliphatic rings. The first-order valence-electron chi connectivity index (χ1n) is 5.38. The van der Waals surface area contributed by atoms with Crippen LogP contribution in [0.2, 0.25) is 0 Å². The maximum Gasteiger partial charge on any atom is 0.326 e. The fraction of sp³-hybridized carbons (Fsp3) is 0.800. The molecule has 2 amide bonds. The van der Waals surface area contributed by atoms with Gasteiger partial charge in [-0.3, -0.25) is 0 Å². The summed E-state index contributed by atoms with van der Waals surface area (Å²) >= 11 is 1.81. The van der Waals surface area contributed by atoms with Crippen LogP contribution in [0.25, 0.3) is 0 Å². The Morgan fingerprint density at radius 1 is 1.31 bits per heavy atom. The van der Waals surface area contributed by atoms with Crippen molar-refractivity contribution in [1.29, 1.82) is 0 Å². The second kappa shape index (κ2) is 5.98. The fourth-order valence-corrected chi connectivity index (χ4v) is 2.41. The topological polar surface area (TPSA) is 69.6 Å². The molecule has 16 heavy (non-hydrogen) atoms. The third-order valence-corrected chi connectivity index (χ3v) is 3.45. The van der Waals surface area contributed by atoms with E-state index in [4.69, 9.17) is 5.11 Å². The lowest BCUT2D eigenvalue weighted by molar-refractivity contribution is -0.140. The van der Waals surface area contributed by atoms with Crippen LogP contribution in [0, 0.1) is 5.92 Å². The second-order valence-electron chi connectivity index (χ2n) is 4.11. The molecule has 0 saturated carbocycles. The van der Waals surface area contributed by atoms with Gasteiger partial charge in [-0.15, -0.1) is 0 Å². The maximum absolute atomic E-state index is 11.8. The molecule has 1 saturated heterocycles. The van der Waals surface area contributed by atoms with Crippen LogP contribution >= 0.6 is 11.8 Å². The lowest BCUT2D eigenvalue weighted by Crippen LogP contribution is -2.52. The number of urea groups is 1. The van der Waals surface area contributed by atoms with E-state index in [-0.39, 0.29) is 11.9 Å². The van der Waals surface area contributed by atoms with Crippen LogP contribution in [0.1, 0.15) is 13.8 Å². The van der Waals surface area contributed by atoms with E-state index in [2.05, 4.69) is 5.32 Å². The molecule has 1 heterocycles. The first kappa shape index (κ1) is 13.2. The van der Waals surface area contributed by atoms with E-state index in [0.717, 1.165) is 11.5 Å². The molecule has 0 radical (unpaired) electrons. The Balaban J connectivity index is 2.50. The van der Waals surface area contributed by atoms with Gasteiger partial charge in [-0.25, -0.2) is 9.59 Å². The van der Waals surface area contributed by atoms with E-state index < -0.39 is 12.0 Å². The predicted molar refractivity (Wildman–Crippen MR) is 63.7 cm³/mol. The Kier molecular flexibility index (Phi) is 4.92. The van der Waals surface area contributed by atoms with Gasteiger partial charge in [0.15, 0.2) is 0 Å². The molecule has 1 atom stereocenters. The highest BCUT2D eigenvalue weighted by molar-refractivity contribution is 7.99. The van der Waals surface area contributed by atoms with Crippen molar-refractivity contribution in [3.63, 3.8) is 0 Å². The van der Waals surface area contributed by atoms with E-state index in [1.807, 2.05) is 11.8 Å². The summed E-state index contributed by atoms with van der Waals surface area (Å²) in [6.07, 6.45) is 0. The van der Waals surface area contributed by atoms with Crippen molar-refractivity contribution < 1.29 is 14.7 Å². The number of amides is 2. The van der Waals surface area contributed by atoms with Crippen molar-refractivity contribution in [2.75, 3.05) is 24.6 Å². The van der Waals surface area contributed by atoms with Crippen molar-refractivity contribution in [3.8, 4) is 0 Å². The average Bonchev–Trinajstić information content (AvgIpc) is 2.25. The van der Waals surface area contributed by atoms with Crippen LogP contribution in [0.5, 0.6) is 0 Å². The Bertz CT molecular complexity index is 265. The molecule has 5 nitrogen and oxygen atoms in total. The number of rotatable bonds is 3. The number of hydrogen-bond acceptors (Lipinski definition) is 3. The van der Waals surface area contributed by atoms with Gasteiger partial charge in [-0.1, -0.05) is 13.8 Å². The number of nitrogens with one attached hydrogen (secondary N) is 1. The van der Waals surface area contributed by atoms with E-state index in [1.165, 1.54) is 0 Å². The molecule has 0 aromatic carbocycles. The summed E-state index contributed by atoms with van der Waals surface area (Å²) in [6, 6.07) is -1.07. The van der Waals surface area contributed by atoms with Gasteiger partial charge >= 0.3 is 12.0 Å². The molecule has 0 aliphatic carbocycles. The fourth-order valence-electron chi connectivity index (χ4n) is 1.50. The van der Waals surface area contributed by atoms with Crippen molar-refractivity contribution in [2.24, 2.45) is 5.92 Å². The van der Waals surface area contributed by atoms with Gasteiger partial charge in [0.05, 0.1) is 0 Å². The smallest absolute Gasteiger partial charge is 0.326 e. The minimum absolute atomic E-state index is 0.111. The summed E-state index contributed by atoms with van der Waals surface area (Å²) in [4.78, 5) is 24.4. The summed E-state index contributed by atoms with van der Waals surface area (Å²) in [5.74, 6) is 0.759. The Morgan fingerprint density at radius 3 is 2.31 bits per heavy atom. The lowest BCUT2D eigenvalue weighted by atomic mass is 10.1. The Hall–Kier alpha value is -0.910. The number of hydrogen-bond donors (Lipinski definition) is 2. The van der Waals surface area contributed by atoms with Gasteiger partial charge in [0.2, 0.25) is 0 Å². The molecule has 1 aliphatic heterocycles. The zero-order valence-corrected chi connectivity index (χ0v) is 10.4. The van der Waals surface area contributed by atoms with Crippen LogP contribution in [0.15, 0.2) is 0 Å². The zero-order valence-electron chi connectivity index (χ0n) is 9.60. The Labute approximate surface area is 99.6 Å². The van der Waals surface area contributed by atoms with Crippen LogP contribution in [-0.4, -0.2) is 52.6 Å². The molecule has 1 rings (SSSR count). The summed E-state index contributed by atoms with van der Waals surface area (Å²) < 4.78 is 0. The summed E-state index contributed by atoms with van der Waals surface area (Å²) in [7, 11) is 0. The minimum atomic E-state index is -0.977. The van der Waals surface area contributed by atoms with Gasteiger partial charge in [0.25, 0.3) is 0 Å². The third-order valence-electron chi connectivity index (χ3n) is 2.51.